The van der Waals surface area contributed by atoms with E-state index in [4.69, 9.17) is 16.3 Å². The highest BCUT2D eigenvalue weighted by atomic mass is 79.9. The second-order valence-corrected chi connectivity index (χ2v) is 4.85. The number of aryl methyl sites for hydroxylation is 2. The minimum atomic E-state index is 0.364. The van der Waals surface area contributed by atoms with Gasteiger partial charge in [-0.05, 0) is 37.1 Å². The zero-order valence-corrected chi connectivity index (χ0v) is 11.7. The fraction of sp³-hybridized carbons (Fsp3) is 0.167. The maximum Gasteiger partial charge on any atom is 0.241 e. The lowest BCUT2D eigenvalue weighted by atomic mass is 10.1. The molecule has 0 saturated carbocycles. The van der Waals surface area contributed by atoms with Crippen molar-refractivity contribution in [3.05, 3.63) is 45.3 Å². The van der Waals surface area contributed by atoms with Crippen molar-refractivity contribution in [3.8, 4) is 11.6 Å². The van der Waals surface area contributed by atoms with Gasteiger partial charge in [-0.1, -0.05) is 27.5 Å². The summed E-state index contributed by atoms with van der Waals surface area (Å²) in [7, 11) is 0. The fourth-order valence-electron chi connectivity index (χ4n) is 1.45. The van der Waals surface area contributed by atoms with Gasteiger partial charge in [0.1, 0.15) is 17.1 Å². The zero-order valence-electron chi connectivity index (χ0n) is 9.37. The topological polar surface area (TPSA) is 35.0 Å². The van der Waals surface area contributed by atoms with Crippen LogP contribution in [-0.2, 0) is 0 Å². The van der Waals surface area contributed by atoms with Gasteiger partial charge in [0.05, 0.1) is 6.20 Å². The van der Waals surface area contributed by atoms with Gasteiger partial charge in [-0.3, -0.25) is 0 Å². The lowest BCUT2D eigenvalue weighted by Gasteiger charge is -2.09. The first-order valence-corrected chi connectivity index (χ1v) is 6.15. The maximum absolute atomic E-state index is 5.93. The predicted octanol–water partition coefficient (Wildman–Crippen LogP) is 4.30. The summed E-state index contributed by atoms with van der Waals surface area (Å²) in [5.41, 5.74) is 2.20. The number of hydrogen-bond acceptors (Lipinski definition) is 3. The van der Waals surface area contributed by atoms with Gasteiger partial charge < -0.3 is 4.74 Å². The standard InChI is InChI=1S/C12H10BrClN2O/c1-7-3-9(4-8(2)11(7)13)17-12-10(14)5-15-6-16-12/h3-6H,1-2H3. The molecule has 2 rings (SSSR count). The van der Waals surface area contributed by atoms with Crippen LogP contribution in [0.15, 0.2) is 29.1 Å². The van der Waals surface area contributed by atoms with Crippen molar-refractivity contribution in [1.29, 1.82) is 0 Å². The number of rotatable bonds is 2. The molecule has 0 saturated heterocycles. The minimum Gasteiger partial charge on any atom is -0.437 e. The minimum absolute atomic E-state index is 0.364. The fourth-order valence-corrected chi connectivity index (χ4v) is 1.83. The largest absolute Gasteiger partial charge is 0.437 e. The number of halogens is 2. The van der Waals surface area contributed by atoms with Gasteiger partial charge in [0.15, 0.2) is 0 Å². The van der Waals surface area contributed by atoms with Crippen LogP contribution in [0.5, 0.6) is 11.6 Å². The summed E-state index contributed by atoms with van der Waals surface area (Å²) >= 11 is 9.43. The van der Waals surface area contributed by atoms with Gasteiger partial charge in [-0.25, -0.2) is 9.97 Å². The van der Waals surface area contributed by atoms with E-state index in [1.807, 2.05) is 26.0 Å². The lowest BCUT2D eigenvalue weighted by molar-refractivity contribution is 0.461. The molecule has 0 aliphatic carbocycles. The van der Waals surface area contributed by atoms with Crippen molar-refractivity contribution in [2.24, 2.45) is 0 Å². The van der Waals surface area contributed by atoms with Crippen molar-refractivity contribution in [2.75, 3.05) is 0 Å². The number of aromatic nitrogens is 2. The molecule has 1 aromatic heterocycles. The highest BCUT2D eigenvalue weighted by Crippen LogP contribution is 2.30. The van der Waals surface area contributed by atoms with E-state index in [9.17, 15) is 0 Å². The SMILES string of the molecule is Cc1cc(Oc2ncncc2Cl)cc(C)c1Br. The Morgan fingerprint density at radius 2 is 1.88 bits per heavy atom. The Hall–Kier alpha value is -1.13. The molecule has 17 heavy (non-hydrogen) atoms. The van der Waals surface area contributed by atoms with Crippen LogP contribution in [0.4, 0.5) is 0 Å². The molecule has 0 aliphatic heterocycles. The Morgan fingerprint density at radius 1 is 1.24 bits per heavy atom. The molecule has 0 fully saturated rings. The summed E-state index contributed by atoms with van der Waals surface area (Å²) in [4.78, 5) is 7.78. The number of hydrogen-bond donors (Lipinski definition) is 0. The van der Waals surface area contributed by atoms with Gasteiger partial charge in [-0.2, -0.15) is 0 Å². The number of ether oxygens (including phenoxy) is 1. The van der Waals surface area contributed by atoms with E-state index in [0.717, 1.165) is 15.6 Å². The van der Waals surface area contributed by atoms with Crippen LogP contribution in [0.25, 0.3) is 0 Å². The van der Waals surface area contributed by atoms with E-state index in [1.54, 1.807) is 0 Å². The Labute approximate surface area is 113 Å². The Morgan fingerprint density at radius 3 is 2.47 bits per heavy atom. The van der Waals surface area contributed by atoms with E-state index in [2.05, 4.69) is 25.9 Å². The van der Waals surface area contributed by atoms with Gasteiger partial charge in [0.25, 0.3) is 0 Å². The molecule has 2 aromatic rings. The Balaban J connectivity index is 2.34. The van der Waals surface area contributed by atoms with Crippen LogP contribution in [0.3, 0.4) is 0 Å². The quantitative estimate of drug-likeness (QED) is 0.829. The molecule has 5 heteroatoms. The van der Waals surface area contributed by atoms with Crippen molar-refractivity contribution in [2.45, 2.75) is 13.8 Å². The van der Waals surface area contributed by atoms with Gasteiger partial charge in [-0.15, -0.1) is 0 Å². The van der Waals surface area contributed by atoms with Gasteiger partial charge in [0, 0.05) is 4.47 Å². The molecule has 1 aromatic carbocycles. The van der Waals surface area contributed by atoms with Crippen LogP contribution in [-0.4, -0.2) is 9.97 Å². The molecule has 3 nitrogen and oxygen atoms in total. The molecule has 1 heterocycles. The number of benzene rings is 1. The van der Waals surface area contributed by atoms with Crippen LogP contribution in [0.2, 0.25) is 5.02 Å². The smallest absolute Gasteiger partial charge is 0.241 e. The van der Waals surface area contributed by atoms with Gasteiger partial charge >= 0.3 is 0 Å². The van der Waals surface area contributed by atoms with E-state index in [-0.39, 0.29) is 0 Å². The third-order valence-electron chi connectivity index (χ3n) is 2.26. The van der Waals surface area contributed by atoms with Crippen molar-refractivity contribution in [1.82, 2.24) is 9.97 Å². The third-order valence-corrected chi connectivity index (χ3v) is 3.77. The Kier molecular flexibility index (Phi) is 3.64. The normalized spacial score (nSPS) is 10.4. The van der Waals surface area contributed by atoms with Crippen LogP contribution < -0.4 is 4.74 Å². The van der Waals surface area contributed by atoms with Crippen molar-refractivity contribution < 1.29 is 4.74 Å². The van der Waals surface area contributed by atoms with E-state index < -0.39 is 0 Å². The molecular formula is C12H10BrClN2O. The first kappa shape index (κ1) is 12.3. The summed E-state index contributed by atoms with van der Waals surface area (Å²) in [5, 5.41) is 0.394. The molecule has 0 aliphatic rings. The van der Waals surface area contributed by atoms with Crippen LogP contribution in [0.1, 0.15) is 11.1 Å². The van der Waals surface area contributed by atoms with Crippen LogP contribution >= 0.6 is 27.5 Å². The molecule has 0 radical (unpaired) electrons. The third kappa shape index (κ3) is 2.76. The molecule has 88 valence electrons. The second-order valence-electron chi connectivity index (χ2n) is 3.65. The second kappa shape index (κ2) is 5.02. The summed E-state index contributed by atoms with van der Waals surface area (Å²) in [5.74, 6) is 1.08. The summed E-state index contributed by atoms with van der Waals surface area (Å²) in [6.45, 7) is 4.01. The average molecular weight is 314 g/mol. The number of nitrogens with zero attached hydrogens (tertiary/aromatic N) is 2. The molecule has 0 unspecified atom stereocenters. The van der Waals surface area contributed by atoms with Crippen molar-refractivity contribution >= 4 is 27.5 Å². The molecule has 0 amide bonds. The van der Waals surface area contributed by atoms with Crippen molar-refractivity contribution in [3.63, 3.8) is 0 Å². The summed E-state index contributed by atoms with van der Waals surface area (Å²) < 4.78 is 6.70. The molecule has 0 atom stereocenters. The van der Waals surface area contributed by atoms with Gasteiger partial charge in [0.2, 0.25) is 5.88 Å². The van der Waals surface area contributed by atoms with E-state index >= 15 is 0 Å². The predicted molar refractivity (Wildman–Crippen MR) is 70.7 cm³/mol. The zero-order chi connectivity index (χ0) is 12.4. The first-order chi connectivity index (χ1) is 8.08. The van der Waals surface area contributed by atoms with Crippen LogP contribution in [0, 0.1) is 13.8 Å². The average Bonchev–Trinajstić information content (AvgIpc) is 2.29. The molecule has 0 spiro atoms. The molecular weight excluding hydrogens is 304 g/mol. The first-order valence-electron chi connectivity index (χ1n) is 4.98. The maximum atomic E-state index is 5.93. The summed E-state index contributed by atoms with van der Waals surface area (Å²) in [6, 6.07) is 3.85. The van der Waals surface area contributed by atoms with E-state index in [1.165, 1.54) is 12.5 Å². The molecule has 0 bridgehead atoms. The van der Waals surface area contributed by atoms with E-state index in [0.29, 0.717) is 16.7 Å². The Bertz CT molecular complexity index is 537. The monoisotopic (exact) mass is 312 g/mol. The summed E-state index contributed by atoms with van der Waals surface area (Å²) in [6.07, 6.45) is 2.91. The highest BCUT2D eigenvalue weighted by Gasteiger charge is 2.07. The lowest BCUT2D eigenvalue weighted by Crippen LogP contribution is -1.92. The molecule has 0 N–H and O–H groups in total. The highest BCUT2D eigenvalue weighted by molar-refractivity contribution is 9.10.